The van der Waals surface area contributed by atoms with Gasteiger partial charge in [0.05, 0.1) is 23.2 Å². The Hall–Kier alpha value is -3.75. The van der Waals surface area contributed by atoms with E-state index in [4.69, 9.17) is 16.3 Å². The number of aromatic nitrogens is 1. The molecule has 186 valence electrons. The van der Waals surface area contributed by atoms with Crippen LogP contribution in [0.15, 0.2) is 66.9 Å². The third kappa shape index (κ3) is 6.08. The van der Waals surface area contributed by atoms with Crippen molar-refractivity contribution in [1.82, 2.24) is 15.6 Å². The van der Waals surface area contributed by atoms with E-state index in [0.29, 0.717) is 22.8 Å². The van der Waals surface area contributed by atoms with Crippen molar-refractivity contribution in [3.05, 3.63) is 94.3 Å². The van der Waals surface area contributed by atoms with Crippen LogP contribution in [-0.2, 0) is 20.7 Å². The molecule has 1 aromatic heterocycles. The van der Waals surface area contributed by atoms with Gasteiger partial charge < -0.3 is 20.7 Å². The molecule has 2 amide bonds. The number of hydrogen-bond donors (Lipinski definition) is 3. The predicted molar refractivity (Wildman–Crippen MR) is 137 cm³/mol. The summed E-state index contributed by atoms with van der Waals surface area (Å²) in [6.07, 6.45) is 2.41. The Kier molecular flexibility index (Phi) is 8.30. The van der Waals surface area contributed by atoms with Crippen molar-refractivity contribution in [2.75, 3.05) is 25.0 Å². The van der Waals surface area contributed by atoms with Gasteiger partial charge in [-0.3, -0.25) is 14.6 Å². The molecular formula is C27H27ClN4O4. The lowest BCUT2D eigenvalue weighted by Gasteiger charge is -2.25. The Labute approximate surface area is 214 Å². The lowest BCUT2D eigenvalue weighted by molar-refractivity contribution is -0.146. The molecular weight excluding hydrogens is 480 g/mol. The van der Waals surface area contributed by atoms with Crippen molar-refractivity contribution in [2.45, 2.75) is 25.3 Å². The number of benzene rings is 2. The summed E-state index contributed by atoms with van der Waals surface area (Å²) in [6.45, 7) is 2.72. The van der Waals surface area contributed by atoms with E-state index in [1.165, 1.54) is 6.20 Å². The van der Waals surface area contributed by atoms with Crippen molar-refractivity contribution < 1.29 is 19.1 Å². The van der Waals surface area contributed by atoms with Crippen molar-refractivity contribution in [1.29, 1.82) is 0 Å². The molecule has 0 bridgehead atoms. The number of fused-ring (bicyclic) bond motifs is 1. The average Bonchev–Trinajstić information content (AvgIpc) is 2.91. The second-order valence-electron chi connectivity index (χ2n) is 8.42. The zero-order valence-electron chi connectivity index (χ0n) is 19.8. The van der Waals surface area contributed by atoms with Gasteiger partial charge in [-0.15, -0.1) is 0 Å². The van der Waals surface area contributed by atoms with E-state index < -0.39 is 12.0 Å². The lowest BCUT2D eigenvalue weighted by atomic mass is 9.94. The second kappa shape index (κ2) is 11.8. The van der Waals surface area contributed by atoms with E-state index in [1.54, 1.807) is 43.3 Å². The number of nitrogens with one attached hydrogen (secondary N) is 3. The van der Waals surface area contributed by atoms with Gasteiger partial charge in [0.25, 0.3) is 5.91 Å². The molecule has 3 aromatic rings. The van der Waals surface area contributed by atoms with Gasteiger partial charge in [-0.1, -0.05) is 48.0 Å². The number of anilines is 1. The minimum Gasteiger partial charge on any atom is -0.462 e. The monoisotopic (exact) mass is 506 g/mol. The molecule has 1 aliphatic rings. The van der Waals surface area contributed by atoms with Crippen molar-refractivity contribution in [3.63, 3.8) is 0 Å². The fourth-order valence-corrected chi connectivity index (χ4v) is 4.25. The number of esters is 1. The Balaban J connectivity index is 1.26. The van der Waals surface area contributed by atoms with Crippen molar-refractivity contribution in [2.24, 2.45) is 0 Å². The molecule has 2 heterocycles. The Morgan fingerprint density at radius 1 is 1.14 bits per heavy atom. The first-order valence-corrected chi connectivity index (χ1v) is 12.1. The van der Waals surface area contributed by atoms with Gasteiger partial charge in [0, 0.05) is 12.7 Å². The summed E-state index contributed by atoms with van der Waals surface area (Å²) in [5.41, 5.74) is 3.46. The van der Waals surface area contributed by atoms with Crippen LogP contribution in [0.5, 0.6) is 0 Å². The van der Waals surface area contributed by atoms with Crippen LogP contribution in [0.25, 0.3) is 0 Å². The van der Waals surface area contributed by atoms with Gasteiger partial charge in [0.15, 0.2) is 0 Å². The third-order valence-corrected chi connectivity index (χ3v) is 6.34. The molecule has 2 unspecified atom stereocenters. The summed E-state index contributed by atoms with van der Waals surface area (Å²) in [5, 5.41) is 9.01. The van der Waals surface area contributed by atoms with Gasteiger partial charge in [0.2, 0.25) is 5.91 Å². The molecule has 0 saturated heterocycles. The molecule has 9 heteroatoms. The molecule has 8 nitrogen and oxygen atoms in total. The number of pyridine rings is 1. The number of amides is 2. The number of hydrogen-bond acceptors (Lipinski definition) is 6. The van der Waals surface area contributed by atoms with E-state index in [9.17, 15) is 14.4 Å². The van der Waals surface area contributed by atoms with Crippen LogP contribution in [-0.4, -0.2) is 42.5 Å². The van der Waals surface area contributed by atoms with Crippen molar-refractivity contribution >= 4 is 35.1 Å². The summed E-state index contributed by atoms with van der Waals surface area (Å²) in [4.78, 5) is 41.5. The highest BCUT2D eigenvalue weighted by Gasteiger charge is 2.27. The molecule has 0 saturated carbocycles. The van der Waals surface area contributed by atoms with Crippen LogP contribution in [0.1, 0.15) is 46.1 Å². The van der Waals surface area contributed by atoms with E-state index in [0.717, 1.165) is 17.5 Å². The van der Waals surface area contributed by atoms with E-state index >= 15 is 0 Å². The lowest BCUT2D eigenvalue weighted by Crippen LogP contribution is -2.37. The van der Waals surface area contributed by atoms with Gasteiger partial charge in [-0.2, -0.15) is 0 Å². The summed E-state index contributed by atoms with van der Waals surface area (Å²) in [6, 6.07) is 17.4. The fraction of sp³-hybridized carbons (Fsp3) is 0.259. The normalized spacial score (nSPS) is 15.3. The predicted octanol–water partition coefficient (Wildman–Crippen LogP) is 3.64. The Morgan fingerprint density at radius 2 is 1.94 bits per heavy atom. The zero-order valence-corrected chi connectivity index (χ0v) is 20.5. The summed E-state index contributed by atoms with van der Waals surface area (Å²) in [7, 11) is 0. The van der Waals surface area contributed by atoms with Crippen molar-refractivity contribution in [3.8, 4) is 0 Å². The molecule has 2 atom stereocenters. The quantitative estimate of drug-likeness (QED) is 0.318. The Morgan fingerprint density at radius 3 is 2.72 bits per heavy atom. The maximum atomic E-state index is 12.6. The maximum Gasteiger partial charge on any atom is 0.327 e. The van der Waals surface area contributed by atoms with Gasteiger partial charge in [-0.25, -0.2) is 4.79 Å². The number of nitrogens with zero attached hydrogens (tertiary/aromatic N) is 1. The minimum atomic E-state index is -0.497. The number of ether oxygens (including phenoxy) is 1. The highest BCUT2D eigenvalue weighted by Crippen LogP contribution is 2.27. The molecule has 0 fully saturated rings. The topological polar surface area (TPSA) is 109 Å². The zero-order chi connectivity index (χ0) is 25.5. The van der Waals surface area contributed by atoms with Gasteiger partial charge in [0.1, 0.15) is 18.3 Å². The number of carbonyl (C=O) groups excluding carboxylic acids is 3. The maximum absolute atomic E-state index is 12.6. The molecule has 2 aromatic carbocycles. The highest BCUT2D eigenvalue weighted by atomic mass is 35.5. The van der Waals surface area contributed by atoms with Crippen LogP contribution in [0, 0.1) is 0 Å². The van der Waals surface area contributed by atoms with Gasteiger partial charge >= 0.3 is 5.97 Å². The summed E-state index contributed by atoms with van der Waals surface area (Å²) in [5.74, 6) is -1.46. The molecule has 1 aliphatic heterocycles. The molecule has 0 aliphatic carbocycles. The van der Waals surface area contributed by atoms with E-state index in [-0.39, 0.29) is 36.6 Å². The first-order valence-electron chi connectivity index (χ1n) is 11.7. The number of halogens is 1. The molecule has 3 N–H and O–H groups in total. The standard InChI is InChI=1S/C27H27ClN4O4/c1-17(19-9-10-22(21(28)16-19)32-26(34)23-8-4-5-12-29-23)25(33)31-14-15-36-27(35)24-20-7-3-2-6-18(20)11-13-30-24/h2-10,12,16-17,24,30H,11,13-15H2,1H3,(H,31,33)(H,32,34). The third-order valence-electron chi connectivity index (χ3n) is 6.02. The van der Waals surface area contributed by atoms with E-state index in [1.807, 2.05) is 24.3 Å². The molecule has 36 heavy (non-hydrogen) atoms. The first-order chi connectivity index (χ1) is 17.4. The number of rotatable bonds is 8. The molecule has 4 rings (SSSR count). The highest BCUT2D eigenvalue weighted by molar-refractivity contribution is 6.34. The van der Waals surface area contributed by atoms with E-state index in [2.05, 4.69) is 20.9 Å². The summed E-state index contributed by atoms with van der Waals surface area (Å²) < 4.78 is 5.40. The van der Waals surface area contributed by atoms with Crippen LogP contribution in [0.4, 0.5) is 5.69 Å². The van der Waals surface area contributed by atoms with Gasteiger partial charge in [-0.05, 0) is 54.3 Å². The number of carbonyl (C=O) groups is 3. The smallest absolute Gasteiger partial charge is 0.327 e. The minimum absolute atomic E-state index is 0.0664. The van der Waals surface area contributed by atoms with Crippen LogP contribution in [0.3, 0.4) is 0 Å². The SMILES string of the molecule is CC(C(=O)NCCOC(=O)C1NCCc2ccccc21)c1ccc(NC(=O)c2ccccn2)c(Cl)c1. The fourth-order valence-electron chi connectivity index (χ4n) is 4.01. The first kappa shape index (κ1) is 25.3. The molecule has 0 radical (unpaired) electrons. The van der Waals surface area contributed by atoms with Crippen LogP contribution >= 0.6 is 11.6 Å². The second-order valence-corrected chi connectivity index (χ2v) is 8.83. The van der Waals surface area contributed by atoms with Crippen LogP contribution < -0.4 is 16.0 Å². The summed E-state index contributed by atoms with van der Waals surface area (Å²) >= 11 is 6.35. The molecule has 0 spiro atoms. The largest absolute Gasteiger partial charge is 0.462 e. The van der Waals surface area contributed by atoms with Crippen LogP contribution in [0.2, 0.25) is 5.02 Å². The average molecular weight is 507 g/mol. The Bertz CT molecular complexity index is 1250.